The predicted molar refractivity (Wildman–Crippen MR) is 169 cm³/mol. The Morgan fingerprint density at radius 1 is 0.979 bits per heavy atom. The molecule has 0 amide bonds. The highest BCUT2D eigenvalue weighted by molar-refractivity contribution is 5.83. The van der Waals surface area contributed by atoms with Gasteiger partial charge in [0.25, 0.3) is 0 Å². The van der Waals surface area contributed by atoms with Crippen molar-refractivity contribution in [2.45, 2.75) is 119 Å². The van der Waals surface area contributed by atoms with Crippen molar-refractivity contribution in [3.05, 3.63) is 23.3 Å². The molecular formula is C37H52O10. The summed E-state index contributed by atoms with van der Waals surface area (Å²) in [4.78, 5) is 51.5. The third kappa shape index (κ3) is 4.85. The molecule has 0 aromatic carbocycles. The maximum atomic E-state index is 13.8. The summed E-state index contributed by atoms with van der Waals surface area (Å²) in [5, 5.41) is 11.6. The minimum absolute atomic E-state index is 0.0526. The molecule has 5 fully saturated rings. The molecule has 13 atom stereocenters. The van der Waals surface area contributed by atoms with E-state index in [-0.39, 0.29) is 48.6 Å². The predicted octanol–water partition coefficient (Wildman–Crippen LogP) is 4.71. The smallest absolute Gasteiger partial charge is 0.331 e. The molecule has 3 saturated carbocycles. The van der Waals surface area contributed by atoms with E-state index in [0.717, 1.165) is 11.1 Å². The number of esters is 4. The van der Waals surface area contributed by atoms with Crippen molar-refractivity contribution in [1.29, 1.82) is 0 Å². The highest BCUT2D eigenvalue weighted by Crippen LogP contribution is 2.76. The number of ether oxygens (including phenoxy) is 5. The zero-order chi connectivity index (χ0) is 34.4. The Labute approximate surface area is 277 Å². The van der Waals surface area contributed by atoms with Crippen LogP contribution in [-0.2, 0) is 42.9 Å². The van der Waals surface area contributed by atoms with E-state index in [4.69, 9.17) is 23.7 Å². The number of fused-ring (bicyclic) bond motifs is 4. The van der Waals surface area contributed by atoms with Crippen molar-refractivity contribution in [1.82, 2.24) is 0 Å². The molecule has 10 nitrogen and oxygen atoms in total. The molecule has 2 heterocycles. The summed E-state index contributed by atoms with van der Waals surface area (Å²) in [7, 11) is 0. The molecule has 0 aromatic rings. The number of hydrogen-bond donors (Lipinski definition) is 1. The lowest BCUT2D eigenvalue weighted by molar-refractivity contribution is -0.273. The summed E-state index contributed by atoms with van der Waals surface area (Å²) in [5.74, 6) is -2.12. The lowest BCUT2D eigenvalue weighted by atomic mass is 9.35. The number of hydrogen-bond acceptors (Lipinski definition) is 10. The van der Waals surface area contributed by atoms with Gasteiger partial charge in [0, 0.05) is 59.8 Å². The first-order valence-corrected chi connectivity index (χ1v) is 17.3. The second-order valence-corrected chi connectivity index (χ2v) is 16.4. The van der Waals surface area contributed by atoms with Gasteiger partial charge in [-0.1, -0.05) is 58.8 Å². The first-order valence-electron chi connectivity index (χ1n) is 17.3. The van der Waals surface area contributed by atoms with E-state index in [1.54, 1.807) is 6.08 Å². The zero-order valence-corrected chi connectivity index (χ0v) is 29.3. The fourth-order valence-corrected chi connectivity index (χ4v) is 11.4. The van der Waals surface area contributed by atoms with Crippen LogP contribution in [-0.4, -0.2) is 72.7 Å². The van der Waals surface area contributed by atoms with Gasteiger partial charge in [-0.15, -0.1) is 0 Å². The van der Waals surface area contributed by atoms with Crippen molar-refractivity contribution < 1.29 is 48.0 Å². The average Bonchev–Trinajstić information content (AvgIpc) is 3.67. The first-order chi connectivity index (χ1) is 21.9. The number of aliphatic hydroxyl groups is 1. The maximum absolute atomic E-state index is 13.8. The van der Waals surface area contributed by atoms with Gasteiger partial charge in [-0.3, -0.25) is 14.4 Å². The largest absolute Gasteiger partial charge is 0.465 e. The summed E-state index contributed by atoms with van der Waals surface area (Å²) < 4.78 is 31.1. The standard InChI is InChI=1S/C37H52O10/c1-18(2)19(3)12-30(42)47-33-31-32-34(6,17-44-31)26(40)15-28(46-21(5)39)37(32,9)25-14-27(45-20(4)38)35(7)23(22-13-29(41)43-16-22)10-11-24(35)36(25,33)8/h11-12,18,22-23,25-28,31-33,40H,10,13-17H2,1-9H3. The molecule has 13 unspecified atom stereocenters. The Kier molecular flexibility index (Phi) is 8.30. The molecule has 0 bridgehead atoms. The lowest BCUT2D eigenvalue weighted by Gasteiger charge is -2.70. The topological polar surface area (TPSA) is 135 Å². The fraction of sp³-hybridized carbons (Fsp3) is 0.784. The van der Waals surface area contributed by atoms with Gasteiger partial charge in [0.05, 0.1) is 31.8 Å². The van der Waals surface area contributed by atoms with Gasteiger partial charge in [-0.25, -0.2) is 4.79 Å². The zero-order valence-electron chi connectivity index (χ0n) is 29.3. The second-order valence-electron chi connectivity index (χ2n) is 16.4. The molecule has 260 valence electrons. The number of aliphatic hydroxyl groups excluding tert-OH is 1. The van der Waals surface area contributed by atoms with Gasteiger partial charge in [-0.2, -0.15) is 0 Å². The van der Waals surface area contributed by atoms with Gasteiger partial charge >= 0.3 is 23.9 Å². The van der Waals surface area contributed by atoms with Crippen LogP contribution < -0.4 is 0 Å². The monoisotopic (exact) mass is 656 g/mol. The molecule has 6 rings (SSSR count). The molecule has 4 aliphatic carbocycles. The molecule has 0 radical (unpaired) electrons. The highest BCUT2D eigenvalue weighted by atomic mass is 16.6. The Morgan fingerprint density at radius 3 is 2.23 bits per heavy atom. The van der Waals surface area contributed by atoms with E-state index in [1.165, 1.54) is 13.8 Å². The number of cyclic esters (lactones) is 1. The molecule has 6 aliphatic rings. The van der Waals surface area contributed by atoms with Crippen LogP contribution in [0.25, 0.3) is 0 Å². The van der Waals surface area contributed by atoms with Crippen LogP contribution in [0, 0.1) is 51.2 Å². The third-order valence-corrected chi connectivity index (χ3v) is 13.7. The van der Waals surface area contributed by atoms with E-state index in [0.29, 0.717) is 25.9 Å². The van der Waals surface area contributed by atoms with E-state index in [1.807, 2.05) is 27.7 Å². The van der Waals surface area contributed by atoms with Crippen molar-refractivity contribution in [3.63, 3.8) is 0 Å². The lowest BCUT2D eigenvalue weighted by Crippen LogP contribution is -2.74. The van der Waals surface area contributed by atoms with Crippen molar-refractivity contribution >= 4 is 23.9 Å². The molecular weight excluding hydrogens is 604 g/mol. The van der Waals surface area contributed by atoms with E-state index < -0.39 is 70.1 Å². The SMILES string of the molecule is CC(=O)OC1CC2C(C)(C3=CCC(C4COC(=O)C4)C31C)C(OC(=O)C=C(C)C(C)C)C1OCC3(C)C(O)CC(OC(C)=O)C2(C)C13. The number of carbonyl (C=O) groups is 4. The summed E-state index contributed by atoms with van der Waals surface area (Å²) >= 11 is 0. The molecule has 1 N–H and O–H groups in total. The first kappa shape index (κ1) is 34.2. The fourth-order valence-electron chi connectivity index (χ4n) is 11.4. The van der Waals surface area contributed by atoms with Crippen LogP contribution in [0.1, 0.15) is 88.0 Å². The van der Waals surface area contributed by atoms with Crippen molar-refractivity contribution in [2.75, 3.05) is 13.2 Å². The number of allylic oxidation sites excluding steroid dienone is 2. The van der Waals surface area contributed by atoms with Gasteiger partial charge in [0.1, 0.15) is 18.3 Å². The molecule has 2 saturated heterocycles. The van der Waals surface area contributed by atoms with Crippen LogP contribution >= 0.6 is 0 Å². The summed E-state index contributed by atoms with van der Waals surface area (Å²) in [6.45, 7) is 17.7. The number of carbonyl (C=O) groups excluding carboxylic acids is 4. The van der Waals surface area contributed by atoms with E-state index >= 15 is 0 Å². The van der Waals surface area contributed by atoms with Crippen LogP contribution in [0.5, 0.6) is 0 Å². The van der Waals surface area contributed by atoms with Crippen LogP contribution in [0.3, 0.4) is 0 Å². The Morgan fingerprint density at radius 2 is 1.64 bits per heavy atom. The Bertz CT molecular complexity index is 1420. The van der Waals surface area contributed by atoms with Crippen LogP contribution in [0.2, 0.25) is 0 Å². The quantitative estimate of drug-likeness (QED) is 0.185. The van der Waals surface area contributed by atoms with Crippen molar-refractivity contribution in [3.8, 4) is 0 Å². The third-order valence-electron chi connectivity index (χ3n) is 13.7. The molecule has 0 spiro atoms. The summed E-state index contributed by atoms with van der Waals surface area (Å²) in [5.41, 5.74) is -1.05. The minimum atomic E-state index is -0.833. The summed E-state index contributed by atoms with van der Waals surface area (Å²) in [6, 6.07) is 0. The summed E-state index contributed by atoms with van der Waals surface area (Å²) in [6.07, 6.45) is 2.00. The molecule has 0 aromatic heterocycles. The Balaban J connectivity index is 1.56. The van der Waals surface area contributed by atoms with E-state index in [9.17, 15) is 24.3 Å². The average molecular weight is 657 g/mol. The minimum Gasteiger partial charge on any atom is -0.465 e. The van der Waals surface area contributed by atoms with Gasteiger partial charge < -0.3 is 28.8 Å². The van der Waals surface area contributed by atoms with E-state index in [2.05, 4.69) is 26.8 Å². The maximum Gasteiger partial charge on any atom is 0.331 e. The highest BCUT2D eigenvalue weighted by Gasteiger charge is 2.79. The van der Waals surface area contributed by atoms with Crippen LogP contribution in [0.4, 0.5) is 0 Å². The normalized spacial score (nSPS) is 47.0. The van der Waals surface area contributed by atoms with Gasteiger partial charge in [-0.05, 0) is 37.5 Å². The Hall–Kier alpha value is -2.72. The molecule has 10 heteroatoms. The van der Waals surface area contributed by atoms with Crippen LogP contribution in [0.15, 0.2) is 23.3 Å². The van der Waals surface area contributed by atoms with Gasteiger partial charge in [0.2, 0.25) is 0 Å². The molecule has 47 heavy (non-hydrogen) atoms. The second kappa shape index (κ2) is 11.4. The van der Waals surface area contributed by atoms with Crippen molar-refractivity contribution in [2.24, 2.45) is 51.2 Å². The molecule has 2 aliphatic heterocycles. The number of rotatable bonds is 6. The van der Waals surface area contributed by atoms with Gasteiger partial charge in [0.15, 0.2) is 0 Å².